The van der Waals surface area contributed by atoms with E-state index in [1.807, 2.05) is 0 Å². The summed E-state index contributed by atoms with van der Waals surface area (Å²) in [6.07, 6.45) is 2.70. The molecule has 0 aromatic carbocycles. The molecule has 1 fully saturated rings. The molecule has 19 heavy (non-hydrogen) atoms. The van der Waals surface area contributed by atoms with Crippen LogP contribution in [-0.4, -0.2) is 28.4 Å². The zero-order valence-electron chi connectivity index (χ0n) is 11.8. The maximum Gasteiger partial charge on any atom is 0.226 e. The minimum absolute atomic E-state index is 0.0449. The molecule has 1 aliphatic rings. The van der Waals surface area contributed by atoms with Gasteiger partial charge in [-0.05, 0) is 31.8 Å². The molecular formula is C13H22N4OS. The van der Waals surface area contributed by atoms with Crippen LogP contribution in [0, 0.1) is 5.92 Å². The topological polar surface area (TPSA) is 66.9 Å². The molecule has 1 atom stereocenters. The summed E-state index contributed by atoms with van der Waals surface area (Å²) in [5.41, 5.74) is -0.0744. The van der Waals surface area contributed by atoms with Crippen LogP contribution in [0.2, 0.25) is 0 Å². The van der Waals surface area contributed by atoms with Crippen molar-refractivity contribution in [3.05, 3.63) is 5.82 Å². The Hall–Kier alpha value is -1.01. The monoisotopic (exact) mass is 282 g/mol. The summed E-state index contributed by atoms with van der Waals surface area (Å²) in [5.74, 6) is 1.47. The maximum atomic E-state index is 11.8. The number of aromatic nitrogens is 2. The third-order valence-corrected chi connectivity index (χ3v) is 3.92. The van der Waals surface area contributed by atoms with E-state index in [2.05, 4.69) is 40.8 Å². The molecule has 0 spiro atoms. The van der Waals surface area contributed by atoms with Crippen molar-refractivity contribution < 1.29 is 4.79 Å². The fourth-order valence-corrected chi connectivity index (χ4v) is 2.83. The summed E-state index contributed by atoms with van der Waals surface area (Å²) >= 11 is 1.26. The SMILES string of the molecule is CC(C)(C)c1nsc(NC(=O)CCC2CCNC2)n1. The molecule has 1 aromatic rings. The molecule has 0 saturated carbocycles. The molecule has 1 aromatic heterocycles. The predicted octanol–water partition coefficient (Wildman–Crippen LogP) is 2.16. The normalized spacial score (nSPS) is 19.6. The standard InChI is InChI=1S/C13H22N4OS/c1-13(2,3)11-16-12(19-17-11)15-10(18)5-4-9-6-7-14-8-9/h9,14H,4-8H2,1-3H3,(H,15,16,17,18). The Labute approximate surface area is 118 Å². The first-order chi connectivity index (χ1) is 8.95. The van der Waals surface area contributed by atoms with E-state index in [-0.39, 0.29) is 11.3 Å². The average Bonchev–Trinajstić information content (AvgIpc) is 2.95. The number of hydrogen-bond donors (Lipinski definition) is 2. The molecule has 5 nitrogen and oxygen atoms in total. The first-order valence-electron chi connectivity index (χ1n) is 6.80. The molecule has 0 aliphatic carbocycles. The van der Waals surface area contributed by atoms with Crippen molar-refractivity contribution in [2.24, 2.45) is 5.92 Å². The fraction of sp³-hybridized carbons (Fsp3) is 0.769. The van der Waals surface area contributed by atoms with Crippen molar-refractivity contribution in [1.29, 1.82) is 0 Å². The first kappa shape index (κ1) is 14.4. The number of rotatable bonds is 4. The second-order valence-electron chi connectivity index (χ2n) is 6.12. The summed E-state index contributed by atoms with van der Waals surface area (Å²) in [7, 11) is 0. The largest absolute Gasteiger partial charge is 0.316 e. The molecule has 1 aliphatic heterocycles. The Morgan fingerprint density at radius 2 is 2.32 bits per heavy atom. The third-order valence-electron chi connectivity index (χ3n) is 3.29. The number of carbonyl (C=O) groups is 1. The third kappa shape index (κ3) is 4.24. The molecule has 6 heteroatoms. The fourth-order valence-electron chi connectivity index (χ4n) is 2.06. The minimum atomic E-state index is -0.0744. The van der Waals surface area contributed by atoms with Crippen LogP contribution in [0.1, 0.15) is 45.9 Å². The van der Waals surface area contributed by atoms with Gasteiger partial charge in [-0.1, -0.05) is 20.8 Å². The van der Waals surface area contributed by atoms with Gasteiger partial charge in [0.15, 0.2) is 0 Å². The molecule has 0 bridgehead atoms. The highest BCUT2D eigenvalue weighted by atomic mass is 32.1. The Morgan fingerprint density at radius 1 is 1.53 bits per heavy atom. The number of hydrogen-bond acceptors (Lipinski definition) is 5. The molecule has 1 unspecified atom stereocenters. The van der Waals surface area contributed by atoms with Crippen LogP contribution in [0.3, 0.4) is 0 Å². The highest BCUT2D eigenvalue weighted by Crippen LogP contribution is 2.23. The number of nitrogens with one attached hydrogen (secondary N) is 2. The van der Waals surface area contributed by atoms with Crippen molar-refractivity contribution >= 4 is 22.6 Å². The van der Waals surface area contributed by atoms with Crippen LogP contribution < -0.4 is 10.6 Å². The summed E-state index contributed by atoms with van der Waals surface area (Å²) < 4.78 is 4.28. The van der Waals surface area contributed by atoms with Gasteiger partial charge in [0.2, 0.25) is 11.0 Å². The van der Waals surface area contributed by atoms with E-state index < -0.39 is 0 Å². The van der Waals surface area contributed by atoms with E-state index in [9.17, 15) is 4.79 Å². The van der Waals surface area contributed by atoms with Crippen molar-refractivity contribution in [3.63, 3.8) is 0 Å². The van der Waals surface area contributed by atoms with Crippen LogP contribution in [0.15, 0.2) is 0 Å². The molecule has 106 valence electrons. The molecule has 2 rings (SSSR count). The second-order valence-corrected chi connectivity index (χ2v) is 6.87. The van der Waals surface area contributed by atoms with Gasteiger partial charge in [-0.3, -0.25) is 4.79 Å². The lowest BCUT2D eigenvalue weighted by Crippen LogP contribution is -2.16. The van der Waals surface area contributed by atoms with Crippen LogP contribution in [0.5, 0.6) is 0 Å². The summed E-state index contributed by atoms with van der Waals surface area (Å²) in [5, 5.41) is 6.77. The molecule has 2 N–H and O–H groups in total. The molecular weight excluding hydrogens is 260 g/mol. The van der Waals surface area contributed by atoms with E-state index in [0.717, 1.165) is 25.3 Å². The second kappa shape index (κ2) is 5.96. The lowest BCUT2D eigenvalue weighted by Gasteiger charge is -2.12. The van der Waals surface area contributed by atoms with Gasteiger partial charge >= 0.3 is 0 Å². The van der Waals surface area contributed by atoms with Gasteiger partial charge in [0.25, 0.3) is 0 Å². The van der Waals surface area contributed by atoms with E-state index in [0.29, 0.717) is 17.5 Å². The van der Waals surface area contributed by atoms with Gasteiger partial charge < -0.3 is 10.6 Å². The molecule has 0 radical (unpaired) electrons. The Kier molecular flexibility index (Phi) is 4.52. The van der Waals surface area contributed by atoms with E-state index >= 15 is 0 Å². The van der Waals surface area contributed by atoms with Crippen LogP contribution in [0.25, 0.3) is 0 Å². The van der Waals surface area contributed by atoms with Crippen molar-refractivity contribution in [1.82, 2.24) is 14.7 Å². The predicted molar refractivity (Wildman–Crippen MR) is 77.4 cm³/mol. The number of amides is 1. The highest BCUT2D eigenvalue weighted by Gasteiger charge is 2.20. The Balaban J connectivity index is 1.80. The van der Waals surface area contributed by atoms with Crippen LogP contribution >= 0.6 is 11.5 Å². The lowest BCUT2D eigenvalue weighted by atomic mass is 9.96. The Morgan fingerprint density at radius 3 is 2.89 bits per heavy atom. The molecule has 1 saturated heterocycles. The summed E-state index contributed by atoms with van der Waals surface area (Å²) in [4.78, 5) is 16.2. The van der Waals surface area contributed by atoms with Crippen LogP contribution in [0.4, 0.5) is 5.13 Å². The quantitative estimate of drug-likeness (QED) is 0.888. The van der Waals surface area contributed by atoms with Crippen LogP contribution in [-0.2, 0) is 10.2 Å². The molecule has 2 heterocycles. The van der Waals surface area contributed by atoms with E-state index in [4.69, 9.17) is 0 Å². The van der Waals surface area contributed by atoms with Crippen molar-refractivity contribution in [2.45, 2.75) is 45.4 Å². The zero-order valence-corrected chi connectivity index (χ0v) is 12.6. The van der Waals surface area contributed by atoms with Gasteiger partial charge in [0.1, 0.15) is 5.82 Å². The van der Waals surface area contributed by atoms with Gasteiger partial charge in [0.05, 0.1) is 0 Å². The minimum Gasteiger partial charge on any atom is -0.316 e. The van der Waals surface area contributed by atoms with Gasteiger partial charge in [-0.2, -0.15) is 4.37 Å². The number of nitrogens with zero attached hydrogens (tertiary/aromatic N) is 2. The lowest BCUT2D eigenvalue weighted by molar-refractivity contribution is -0.116. The first-order valence-corrected chi connectivity index (χ1v) is 7.57. The van der Waals surface area contributed by atoms with E-state index in [1.165, 1.54) is 18.0 Å². The smallest absolute Gasteiger partial charge is 0.226 e. The zero-order chi connectivity index (χ0) is 13.9. The highest BCUT2D eigenvalue weighted by molar-refractivity contribution is 7.09. The van der Waals surface area contributed by atoms with E-state index in [1.54, 1.807) is 0 Å². The maximum absolute atomic E-state index is 11.8. The Bertz CT molecular complexity index is 432. The number of anilines is 1. The van der Waals surface area contributed by atoms with Gasteiger partial charge in [-0.25, -0.2) is 4.98 Å². The van der Waals surface area contributed by atoms with Crippen molar-refractivity contribution in [3.8, 4) is 0 Å². The number of carbonyl (C=O) groups excluding carboxylic acids is 1. The van der Waals surface area contributed by atoms with Crippen molar-refractivity contribution in [2.75, 3.05) is 18.4 Å². The average molecular weight is 282 g/mol. The van der Waals surface area contributed by atoms with Gasteiger partial charge in [0, 0.05) is 23.4 Å². The molecule has 1 amide bonds. The van der Waals surface area contributed by atoms with Gasteiger partial charge in [-0.15, -0.1) is 0 Å². The summed E-state index contributed by atoms with van der Waals surface area (Å²) in [6, 6.07) is 0. The summed E-state index contributed by atoms with van der Waals surface area (Å²) in [6.45, 7) is 8.31.